The van der Waals surface area contributed by atoms with Gasteiger partial charge in [-0.2, -0.15) is 0 Å². The van der Waals surface area contributed by atoms with Crippen LogP contribution in [0.2, 0.25) is 0 Å². The molecule has 1 aliphatic rings. The topological polar surface area (TPSA) is 88.6 Å². The average Bonchev–Trinajstić information content (AvgIpc) is 3.00. The number of amides is 1. The zero-order chi connectivity index (χ0) is 18.0. The molecular weight excluding hydrogens is 342 g/mol. The number of carbonyl (C=O) groups excluding carboxylic acids is 1. The Morgan fingerprint density at radius 2 is 2.08 bits per heavy atom. The number of para-hydroxylation sites is 1. The van der Waals surface area contributed by atoms with E-state index in [0.29, 0.717) is 18.8 Å². The minimum absolute atomic E-state index is 0.0546. The molecule has 134 valence electrons. The highest BCUT2D eigenvalue weighted by atomic mass is 32.2. The Balaban J connectivity index is 1.72. The number of nitrogens with one attached hydrogen (secondary N) is 1. The normalized spacial score (nSPS) is 20.9. The number of hydrogen-bond donors (Lipinski definition) is 1. The minimum Gasteiger partial charge on any atom is -0.379 e. The quantitative estimate of drug-likeness (QED) is 0.852. The highest BCUT2D eigenvalue weighted by Gasteiger charge is 2.34. The Labute approximate surface area is 147 Å². The molecular formula is C17H21N3O4S. The van der Waals surface area contributed by atoms with Gasteiger partial charge in [0.05, 0.1) is 36.1 Å². The molecule has 1 N–H and O–H groups in total. The Hall–Kier alpha value is -2.03. The van der Waals surface area contributed by atoms with Crippen LogP contribution in [0, 0.1) is 5.92 Å². The average molecular weight is 363 g/mol. The Bertz CT molecular complexity index is 882. The van der Waals surface area contributed by atoms with E-state index in [0.717, 1.165) is 10.9 Å². The summed E-state index contributed by atoms with van der Waals surface area (Å²) in [5.41, 5.74) is 1.26. The van der Waals surface area contributed by atoms with Crippen molar-refractivity contribution in [2.45, 2.75) is 6.04 Å². The Kier molecular flexibility index (Phi) is 5.03. The molecule has 2 atom stereocenters. The van der Waals surface area contributed by atoms with Crippen molar-refractivity contribution in [3.05, 3.63) is 42.1 Å². The first-order valence-corrected chi connectivity index (χ1v) is 9.61. The Morgan fingerprint density at radius 1 is 1.32 bits per heavy atom. The van der Waals surface area contributed by atoms with Gasteiger partial charge < -0.3 is 10.1 Å². The van der Waals surface area contributed by atoms with Crippen LogP contribution in [0.4, 0.5) is 0 Å². The molecule has 1 aromatic heterocycles. The summed E-state index contributed by atoms with van der Waals surface area (Å²) in [4.78, 5) is 16.8. The largest absolute Gasteiger partial charge is 0.379 e. The van der Waals surface area contributed by atoms with Gasteiger partial charge in [-0.15, -0.1) is 0 Å². The molecule has 1 fully saturated rings. The van der Waals surface area contributed by atoms with Gasteiger partial charge in [0.1, 0.15) is 0 Å². The SMILES string of the molecule is CN(C)S(=O)(=O)C[C@@H]1COC[C@H]1NC(=O)c1cnc2ccccc2c1. The molecule has 0 aliphatic carbocycles. The van der Waals surface area contributed by atoms with Crippen LogP contribution in [0.3, 0.4) is 0 Å². The van der Waals surface area contributed by atoms with Crippen LogP contribution in [-0.2, 0) is 14.8 Å². The molecule has 3 rings (SSSR count). The molecule has 0 radical (unpaired) electrons. The van der Waals surface area contributed by atoms with Crippen molar-refractivity contribution in [2.75, 3.05) is 33.1 Å². The van der Waals surface area contributed by atoms with E-state index in [9.17, 15) is 13.2 Å². The number of carbonyl (C=O) groups is 1. The van der Waals surface area contributed by atoms with Gasteiger partial charge in [-0.05, 0) is 12.1 Å². The van der Waals surface area contributed by atoms with Gasteiger partial charge in [-0.25, -0.2) is 12.7 Å². The summed E-state index contributed by atoms with van der Waals surface area (Å²) in [7, 11) is -0.355. The number of sulfonamides is 1. The lowest BCUT2D eigenvalue weighted by Gasteiger charge is -2.21. The number of nitrogens with zero attached hydrogens (tertiary/aromatic N) is 2. The van der Waals surface area contributed by atoms with Crippen molar-refractivity contribution in [2.24, 2.45) is 5.92 Å². The third-order valence-corrected chi connectivity index (χ3v) is 6.31. The zero-order valence-electron chi connectivity index (χ0n) is 14.2. The van der Waals surface area contributed by atoms with E-state index in [1.807, 2.05) is 24.3 Å². The highest BCUT2D eigenvalue weighted by Crippen LogP contribution is 2.18. The van der Waals surface area contributed by atoms with E-state index >= 15 is 0 Å². The maximum atomic E-state index is 12.5. The molecule has 0 saturated carbocycles. The van der Waals surface area contributed by atoms with Crippen molar-refractivity contribution < 1.29 is 17.9 Å². The monoisotopic (exact) mass is 363 g/mol. The van der Waals surface area contributed by atoms with Gasteiger partial charge in [-0.3, -0.25) is 9.78 Å². The molecule has 7 nitrogen and oxygen atoms in total. The number of aromatic nitrogens is 1. The number of hydrogen-bond acceptors (Lipinski definition) is 5. The highest BCUT2D eigenvalue weighted by molar-refractivity contribution is 7.89. The third kappa shape index (κ3) is 3.97. The second-order valence-corrected chi connectivity index (χ2v) is 8.58. The van der Waals surface area contributed by atoms with Gasteiger partial charge >= 0.3 is 0 Å². The second-order valence-electron chi connectivity index (χ2n) is 6.36. The zero-order valence-corrected chi connectivity index (χ0v) is 15.0. The van der Waals surface area contributed by atoms with E-state index < -0.39 is 10.0 Å². The van der Waals surface area contributed by atoms with Gasteiger partial charge in [0.15, 0.2) is 0 Å². The van der Waals surface area contributed by atoms with E-state index in [2.05, 4.69) is 10.3 Å². The van der Waals surface area contributed by atoms with E-state index in [4.69, 9.17) is 4.74 Å². The molecule has 1 aliphatic heterocycles. The van der Waals surface area contributed by atoms with E-state index in [-0.39, 0.29) is 23.6 Å². The number of fused-ring (bicyclic) bond motifs is 1. The molecule has 8 heteroatoms. The molecule has 0 unspecified atom stereocenters. The lowest BCUT2D eigenvalue weighted by molar-refractivity contribution is 0.0926. The molecule has 2 heterocycles. The maximum absolute atomic E-state index is 12.5. The molecule has 1 amide bonds. The number of benzene rings is 1. The second kappa shape index (κ2) is 7.07. The lowest BCUT2D eigenvalue weighted by Crippen LogP contribution is -2.43. The molecule has 1 saturated heterocycles. The van der Waals surface area contributed by atoms with Crippen LogP contribution in [-0.4, -0.2) is 62.7 Å². The summed E-state index contributed by atoms with van der Waals surface area (Å²) in [6.07, 6.45) is 1.53. The van der Waals surface area contributed by atoms with Gasteiger partial charge in [0, 0.05) is 31.6 Å². The molecule has 0 bridgehead atoms. The Morgan fingerprint density at radius 3 is 2.84 bits per heavy atom. The van der Waals surface area contributed by atoms with Crippen LogP contribution in [0.5, 0.6) is 0 Å². The first-order chi connectivity index (χ1) is 11.9. The standard InChI is InChI=1S/C17H21N3O4S/c1-20(2)25(22,23)11-14-9-24-10-16(14)19-17(21)13-7-12-5-3-4-6-15(12)18-8-13/h3-8,14,16H,9-11H2,1-2H3,(H,19,21)/t14-,16+/m0/s1. The molecule has 1 aromatic carbocycles. The fraction of sp³-hybridized carbons (Fsp3) is 0.412. The van der Waals surface area contributed by atoms with Crippen LogP contribution >= 0.6 is 0 Å². The third-order valence-electron chi connectivity index (χ3n) is 4.35. The molecule has 25 heavy (non-hydrogen) atoms. The van der Waals surface area contributed by atoms with Crippen molar-refractivity contribution >= 4 is 26.8 Å². The fourth-order valence-electron chi connectivity index (χ4n) is 2.79. The first kappa shape index (κ1) is 17.8. The fourth-order valence-corrected chi connectivity index (χ4v) is 3.96. The van der Waals surface area contributed by atoms with Gasteiger partial charge in [-0.1, -0.05) is 18.2 Å². The van der Waals surface area contributed by atoms with Crippen LogP contribution in [0.25, 0.3) is 10.9 Å². The predicted octanol–water partition coefficient (Wildman–Crippen LogP) is 0.871. The summed E-state index contributed by atoms with van der Waals surface area (Å²) in [6, 6.07) is 8.99. The lowest BCUT2D eigenvalue weighted by atomic mass is 10.1. The van der Waals surface area contributed by atoms with Crippen LogP contribution < -0.4 is 5.32 Å². The van der Waals surface area contributed by atoms with Crippen LogP contribution in [0.1, 0.15) is 10.4 Å². The van der Waals surface area contributed by atoms with Crippen molar-refractivity contribution in [1.82, 2.24) is 14.6 Å². The summed E-state index contributed by atoms with van der Waals surface area (Å²) >= 11 is 0. The van der Waals surface area contributed by atoms with Gasteiger partial charge in [0.25, 0.3) is 5.91 Å². The van der Waals surface area contributed by atoms with E-state index in [1.54, 1.807) is 6.07 Å². The number of pyridine rings is 1. The van der Waals surface area contributed by atoms with E-state index in [1.165, 1.54) is 24.6 Å². The van der Waals surface area contributed by atoms with Gasteiger partial charge in [0.2, 0.25) is 10.0 Å². The number of ether oxygens (including phenoxy) is 1. The maximum Gasteiger partial charge on any atom is 0.253 e. The smallest absolute Gasteiger partial charge is 0.253 e. The minimum atomic E-state index is -3.35. The summed E-state index contributed by atoms with van der Waals surface area (Å²) < 4.78 is 30.7. The van der Waals surface area contributed by atoms with Crippen molar-refractivity contribution in [3.8, 4) is 0 Å². The van der Waals surface area contributed by atoms with Crippen molar-refractivity contribution in [3.63, 3.8) is 0 Å². The predicted molar refractivity (Wildman–Crippen MR) is 94.8 cm³/mol. The summed E-state index contributed by atoms with van der Waals surface area (Å²) in [6.45, 7) is 0.619. The summed E-state index contributed by atoms with van der Waals surface area (Å²) in [5, 5.41) is 3.76. The molecule has 0 spiro atoms. The molecule has 2 aromatic rings. The number of rotatable bonds is 5. The van der Waals surface area contributed by atoms with Crippen LogP contribution in [0.15, 0.2) is 36.5 Å². The first-order valence-electron chi connectivity index (χ1n) is 8.00. The van der Waals surface area contributed by atoms with Crippen molar-refractivity contribution in [1.29, 1.82) is 0 Å². The summed E-state index contributed by atoms with van der Waals surface area (Å²) in [5.74, 6) is -0.605.